The fourth-order valence-corrected chi connectivity index (χ4v) is 2.67. The number of hydrogen-bond acceptors (Lipinski definition) is 4. The van der Waals surface area contributed by atoms with Crippen molar-refractivity contribution in [1.82, 2.24) is 0 Å². The van der Waals surface area contributed by atoms with Gasteiger partial charge in [-0.05, 0) is 60.4 Å². The maximum Gasteiger partial charge on any atom is 0.338 e. The van der Waals surface area contributed by atoms with Crippen LogP contribution >= 0.6 is 0 Å². The lowest BCUT2D eigenvalue weighted by Gasteiger charge is -2.08. The molecule has 0 aliphatic carbocycles. The molecule has 0 heterocycles. The average Bonchev–Trinajstić information content (AvgIpc) is 2.75. The average molecular weight is 398 g/mol. The molecule has 0 unspecified atom stereocenters. The fourth-order valence-electron chi connectivity index (χ4n) is 2.67. The van der Waals surface area contributed by atoms with E-state index in [1.165, 1.54) is 0 Å². The van der Waals surface area contributed by atoms with Gasteiger partial charge in [0, 0.05) is 11.1 Å². The van der Waals surface area contributed by atoms with Crippen LogP contribution in [0.25, 0.3) is 22.3 Å². The van der Waals surface area contributed by atoms with E-state index in [-0.39, 0.29) is 0 Å². The Balaban J connectivity index is 1.70. The van der Waals surface area contributed by atoms with E-state index in [4.69, 9.17) is 9.47 Å². The van der Waals surface area contributed by atoms with Crippen LogP contribution in [0.1, 0.15) is 13.8 Å². The van der Waals surface area contributed by atoms with Gasteiger partial charge in [-0.3, -0.25) is 0 Å². The molecule has 0 saturated heterocycles. The van der Waals surface area contributed by atoms with Gasteiger partial charge in [0.15, 0.2) is 0 Å². The molecule has 30 heavy (non-hydrogen) atoms. The molecule has 150 valence electrons. The summed E-state index contributed by atoms with van der Waals surface area (Å²) in [5, 5.41) is 0. The Labute approximate surface area is 176 Å². The van der Waals surface area contributed by atoms with Gasteiger partial charge in [0.25, 0.3) is 0 Å². The summed E-state index contributed by atoms with van der Waals surface area (Å²) in [6, 6.07) is 22.8. The molecule has 0 atom stereocenters. The Morgan fingerprint density at radius 1 is 0.533 bits per heavy atom. The van der Waals surface area contributed by atoms with Crippen molar-refractivity contribution in [1.29, 1.82) is 0 Å². The van der Waals surface area contributed by atoms with Crippen LogP contribution in [0.3, 0.4) is 0 Å². The zero-order valence-electron chi connectivity index (χ0n) is 17.0. The Hall–Kier alpha value is -3.92. The van der Waals surface area contributed by atoms with Crippen LogP contribution in [0.4, 0.5) is 0 Å². The van der Waals surface area contributed by atoms with Crippen LogP contribution in [-0.4, -0.2) is 11.9 Å². The molecule has 0 radical (unpaired) electrons. The van der Waals surface area contributed by atoms with E-state index < -0.39 is 11.9 Å². The zero-order valence-corrected chi connectivity index (χ0v) is 17.0. The molecule has 3 rings (SSSR count). The van der Waals surface area contributed by atoms with Crippen molar-refractivity contribution in [2.75, 3.05) is 0 Å². The van der Waals surface area contributed by atoms with Crippen LogP contribution in [-0.2, 0) is 9.59 Å². The lowest BCUT2D eigenvalue weighted by Crippen LogP contribution is -2.07. The molecule has 0 aliphatic heterocycles. The topological polar surface area (TPSA) is 52.6 Å². The van der Waals surface area contributed by atoms with Crippen molar-refractivity contribution in [3.8, 4) is 33.8 Å². The predicted octanol–water partition coefficient (Wildman–Crippen LogP) is 5.98. The quantitative estimate of drug-likeness (QED) is 0.291. The van der Waals surface area contributed by atoms with Gasteiger partial charge < -0.3 is 9.47 Å². The fraction of sp³-hybridized carbons (Fsp3) is 0.0769. The standard InChI is InChI=1S/C26H22O4/c1-17(2)25(27)29-23-13-9-21(10-14-23)19-5-7-20(8-6-19)22-11-15-24(16-12-22)30-26(28)18(3)4/h5-16H,1,3H2,2,4H3. The number of rotatable bonds is 6. The van der Waals surface area contributed by atoms with Crippen LogP contribution < -0.4 is 9.47 Å². The molecule has 3 aromatic rings. The Bertz CT molecular complexity index is 999. The third-order valence-electron chi connectivity index (χ3n) is 4.38. The Morgan fingerprint density at radius 3 is 1.00 bits per heavy atom. The molecule has 0 aliphatic rings. The monoisotopic (exact) mass is 398 g/mol. The molecule has 0 spiro atoms. The highest BCUT2D eigenvalue weighted by Gasteiger charge is 2.07. The Morgan fingerprint density at radius 2 is 0.767 bits per heavy atom. The lowest BCUT2D eigenvalue weighted by molar-refractivity contribution is -0.130. The minimum absolute atomic E-state index is 0.358. The number of hydrogen-bond donors (Lipinski definition) is 0. The first kappa shape index (κ1) is 20.8. The van der Waals surface area contributed by atoms with E-state index in [0.717, 1.165) is 22.3 Å². The smallest absolute Gasteiger partial charge is 0.338 e. The van der Waals surface area contributed by atoms with E-state index in [1.54, 1.807) is 38.1 Å². The maximum atomic E-state index is 11.6. The van der Waals surface area contributed by atoms with Crippen molar-refractivity contribution >= 4 is 11.9 Å². The normalized spacial score (nSPS) is 10.2. The summed E-state index contributed by atoms with van der Waals surface area (Å²) in [6.45, 7) is 10.4. The van der Waals surface area contributed by atoms with Gasteiger partial charge in [0.1, 0.15) is 11.5 Å². The number of ether oxygens (including phenoxy) is 2. The van der Waals surface area contributed by atoms with Gasteiger partial charge in [-0.25, -0.2) is 9.59 Å². The summed E-state index contributed by atoms with van der Waals surface area (Å²) in [5.41, 5.74) is 4.83. The second kappa shape index (κ2) is 9.05. The molecule has 0 bridgehead atoms. The first-order valence-corrected chi connectivity index (χ1v) is 9.40. The summed E-state index contributed by atoms with van der Waals surface area (Å²) in [4.78, 5) is 23.2. The van der Waals surface area contributed by atoms with Gasteiger partial charge in [-0.1, -0.05) is 61.7 Å². The second-order valence-electron chi connectivity index (χ2n) is 6.97. The molecule has 0 saturated carbocycles. The Kier molecular flexibility index (Phi) is 6.28. The largest absolute Gasteiger partial charge is 0.423 e. The van der Waals surface area contributed by atoms with Gasteiger partial charge in [-0.15, -0.1) is 0 Å². The SMILES string of the molecule is C=C(C)C(=O)Oc1ccc(-c2ccc(-c3ccc(OC(=O)C(=C)C)cc3)cc2)cc1. The summed E-state index contributed by atoms with van der Waals surface area (Å²) >= 11 is 0. The second-order valence-corrected chi connectivity index (χ2v) is 6.97. The van der Waals surface area contributed by atoms with Crippen molar-refractivity contribution in [2.24, 2.45) is 0 Å². The van der Waals surface area contributed by atoms with Crippen molar-refractivity contribution in [3.05, 3.63) is 97.1 Å². The van der Waals surface area contributed by atoms with Crippen molar-refractivity contribution in [3.63, 3.8) is 0 Å². The van der Waals surface area contributed by atoms with Gasteiger partial charge in [0.05, 0.1) is 0 Å². The molecule has 4 heteroatoms. The van der Waals surface area contributed by atoms with E-state index in [2.05, 4.69) is 13.2 Å². The number of esters is 2. The molecule has 0 fully saturated rings. The van der Waals surface area contributed by atoms with E-state index in [9.17, 15) is 9.59 Å². The van der Waals surface area contributed by atoms with E-state index in [1.807, 2.05) is 48.5 Å². The highest BCUT2D eigenvalue weighted by Crippen LogP contribution is 2.27. The van der Waals surface area contributed by atoms with Gasteiger partial charge in [0.2, 0.25) is 0 Å². The first-order valence-electron chi connectivity index (χ1n) is 9.40. The predicted molar refractivity (Wildman–Crippen MR) is 118 cm³/mol. The summed E-state index contributed by atoms with van der Waals surface area (Å²) < 4.78 is 10.4. The summed E-state index contributed by atoms with van der Waals surface area (Å²) in [7, 11) is 0. The highest BCUT2D eigenvalue weighted by atomic mass is 16.5. The number of carbonyl (C=O) groups excluding carboxylic acids is 2. The van der Waals surface area contributed by atoms with Crippen molar-refractivity contribution in [2.45, 2.75) is 13.8 Å². The third-order valence-corrected chi connectivity index (χ3v) is 4.38. The summed E-state index contributed by atoms with van der Waals surface area (Å²) in [5.74, 6) is 0.0895. The van der Waals surface area contributed by atoms with Gasteiger partial charge in [-0.2, -0.15) is 0 Å². The maximum absolute atomic E-state index is 11.6. The van der Waals surface area contributed by atoms with Crippen LogP contribution in [0.5, 0.6) is 11.5 Å². The van der Waals surface area contributed by atoms with Crippen LogP contribution in [0.2, 0.25) is 0 Å². The molecule has 0 amide bonds. The molecule has 0 N–H and O–H groups in total. The molecule has 4 nitrogen and oxygen atoms in total. The highest BCUT2D eigenvalue weighted by molar-refractivity contribution is 5.89. The van der Waals surface area contributed by atoms with E-state index >= 15 is 0 Å². The lowest BCUT2D eigenvalue weighted by atomic mass is 10.0. The van der Waals surface area contributed by atoms with Gasteiger partial charge >= 0.3 is 11.9 Å². The zero-order chi connectivity index (χ0) is 21.7. The molecule has 3 aromatic carbocycles. The number of benzene rings is 3. The molecular weight excluding hydrogens is 376 g/mol. The van der Waals surface area contributed by atoms with Crippen molar-refractivity contribution < 1.29 is 19.1 Å². The molecule has 0 aromatic heterocycles. The minimum atomic E-state index is -0.437. The van der Waals surface area contributed by atoms with E-state index in [0.29, 0.717) is 22.6 Å². The van der Waals surface area contributed by atoms with Crippen LogP contribution in [0.15, 0.2) is 97.1 Å². The van der Waals surface area contributed by atoms with Crippen LogP contribution in [0, 0.1) is 0 Å². The third kappa shape index (κ3) is 5.11. The molecular formula is C26H22O4. The first-order chi connectivity index (χ1) is 14.3. The minimum Gasteiger partial charge on any atom is -0.423 e. The number of carbonyl (C=O) groups is 2. The summed E-state index contributed by atoms with van der Waals surface area (Å²) in [6.07, 6.45) is 0.